The molecule has 1 heterocycles. The molecule has 0 aromatic heterocycles. The maximum absolute atomic E-state index is 12.3. The average molecular weight is 310 g/mol. The molecule has 1 saturated heterocycles. The van der Waals surface area contributed by atoms with Crippen LogP contribution in [0.25, 0.3) is 0 Å². The van der Waals surface area contributed by atoms with Crippen LogP contribution in [0, 0.1) is 0 Å². The second kappa shape index (κ2) is 6.47. The van der Waals surface area contributed by atoms with Crippen molar-refractivity contribution in [2.24, 2.45) is 0 Å². The van der Waals surface area contributed by atoms with Gasteiger partial charge in [-0.25, -0.2) is 8.42 Å². The number of anilines is 1. The van der Waals surface area contributed by atoms with E-state index in [9.17, 15) is 13.2 Å². The van der Waals surface area contributed by atoms with Crippen molar-refractivity contribution in [3.05, 3.63) is 29.8 Å². The lowest BCUT2D eigenvalue weighted by molar-refractivity contribution is -0.132. The normalized spacial score (nSPS) is 20.3. The van der Waals surface area contributed by atoms with Crippen molar-refractivity contribution in [2.45, 2.75) is 32.2 Å². The van der Waals surface area contributed by atoms with E-state index in [1.807, 2.05) is 31.2 Å². The Balaban J connectivity index is 1.95. The van der Waals surface area contributed by atoms with Crippen LogP contribution in [0.15, 0.2) is 24.3 Å². The minimum atomic E-state index is -2.97. The molecule has 1 aromatic carbocycles. The molecule has 1 unspecified atom stereocenters. The van der Waals surface area contributed by atoms with Gasteiger partial charge in [-0.2, -0.15) is 0 Å². The summed E-state index contributed by atoms with van der Waals surface area (Å²) in [5.74, 6) is 0.309. The SMILES string of the molecule is CCN(C(=O)CCc1cccc(N)c1)C1CCS(=O)(=O)C1. The Morgan fingerprint density at radius 3 is 2.76 bits per heavy atom. The summed E-state index contributed by atoms with van der Waals surface area (Å²) < 4.78 is 23.1. The van der Waals surface area contributed by atoms with Gasteiger partial charge >= 0.3 is 0 Å². The fourth-order valence-corrected chi connectivity index (χ4v) is 4.53. The predicted octanol–water partition coefficient (Wildman–Crippen LogP) is 1.24. The molecule has 1 aliphatic rings. The van der Waals surface area contributed by atoms with Crippen LogP contribution in [-0.4, -0.2) is 43.3 Å². The molecule has 1 aromatic rings. The van der Waals surface area contributed by atoms with Crippen molar-refractivity contribution in [2.75, 3.05) is 23.8 Å². The summed E-state index contributed by atoms with van der Waals surface area (Å²) in [5.41, 5.74) is 7.43. The zero-order valence-corrected chi connectivity index (χ0v) is 13.1. The van der Waals surface area contributed by atoms with E-state index in [4.69, 9.17) is 5.73 Å². The van der Waals surface area contributed by atoms with E-state index in [2.05, 4.69) is 0 Å². The first-order valence-corrected chi connectivity index (χ1v) is 9.07. The van der Waals surface area contributed by atoms with Crippen molar-refractivity contribution in [3.8, 4) is 0 Å². The Morgan fingerprint density at radius 2 is 2.19 bits per heavy atom. The van der Waals surface area contributed by atoms with Gasteiger partial charge in [0.05, 0.1) is 11.5 Å². The number of carbonyl (C=O) groups is 1. The van der Waals surface area contributed by atoms with E-state index in [1.165, 1.54) is 0 Å². The number of amides is 1. The molecule has 2 rings (SSSR count). The summed E-state index contributed by atoms with van der Waals surface area (Å²) in [4.78, 5) is 14.0. The minimum absolute atomic E-state index is 0.0158. The standard InChI is InChI=1S/C15H22N2O3S/c1-2-17(14-8-9-21(19,20)11-14)15(18)7-6-12-4-3-5-13(16)10-12/h3-5,10,14H,2,6-9,11,16H2,1H3. The summed E-state index contributed by atoms with van der Waals surface area (Å²) in [6.07, 6.45) is 1.56. The monoisotopic (exact) mass is 310 g/mol. The molecule has 1 fully saturated rings. The maximum Gasteiger partial charge on any atom is 0.223 e. The number of aryl methyl sites for hydroxylation is 1. The lowest BCUT2D eigenvalue weighted by Gasteiger charge is -2.27. The fourth-order valence-electron chi connectivity index (χ4n) is 2.80. The molecule has 1 aliphatic heterocycles. The Kier molecular flexibility index (Phi) is 4.88. The Bertz CT molecular complexity index is 613. The second-order valence-corrected chi connectivity index (χ2v) is 7.71. The molecule has 0 spiro atoms. The molecule has 1 amide bonds. The summed E-state index contributed by atoms with van der Waals surface area (Å²) >= 11 is 0. The van der Waals surface area contributed by atoms with Crippen LogP contribution in [0.2, 0.25) is 0 Å². The van der Waals surface area contributed by atoms with Crippen LogP contribution in [0.4, 0.5) is 5.69 Å². The van der Waals surface area contributed by atoms with E-state index in [0.717, 1.165) is 5.56 Å². The van der Waals surface area contributed by atoms with E-state index < -0.39 is 9.84 Å². The number of nitrogens with zero attached hydrogens (tertiary/aromatic N) is 1. The molecule has 116 valence electrons. The van der Waals surface area contributed by atoms with Gasteiger partial charge < -0.3 is 10.6 Å². The lowest BCUT2D eigenvalue weighted by Crippen LogP contribution is -2.41. The second-order valence-electron chi connectivity index (χ2n) is 5.48. The number of hydrogen-bond donors (Lipinski definition) is 1. The van der Waals surface area contributed by atoms with Gasteiger partial charge in [-0.15, -0.1) is 0 Å². The van der Waals surface area contributed by atoms with Gasteiger partial charge in [-0.3, -0.25) is 4.79 Å². The van der Waals surface area contributed by atoms with E-state index in [0.29, 0.717) is 31.5 Å². The quantitative estimate of drug-likeness (QED) is 0.830. The zero-order valence-electron chi connectivity index (χ0n) is 12.3. The first-order chi connectivity index (χ1) is 9.91. The van der Waals surface area contributed by atoms with Crippen molar-refractivity contribution in [3.63, 3.8) is 0 Å². The van der Waals surface area contributed by atoms with Crippen LogP contribution in [0.5, 0.6) is 0 Å². The molecule has 21 heavy (non-hydrogen) atoms. The third-order valence-electron chi connectivity index (χ3n) is 3.89. The highest BCUT2D eigenvalue weighted by Crippen LogP contribution is 2.19. The Hall–Kier alpha value is -1.56. The number of rotatable bonds is 5. The molecule has 6 heteroatoms. The smallest absolute Gasteiger partial charge is 0.223 e. The number of nitrogens with two attached hydrogens (primary N) is 1. The van der Waals surface area contributed by atoms with Gasteiger partial charge in [-0.05, 0) is 37.5 Å². The summed E-state index contributed by atoms with van der Waals surface area (Å²) in [6, 6.07) is 7.33. The van der Waals surface area contributed by atoms with Gasteiger partial charge in [0.25, 0.3) is 0 Å². The minimum Gasteiger partial charge on any atom is -0.399 e. The average Bonchev–Trinajstić information content (AvgIpc) is 2.77. The third kappa shape index (κ3) is 4.20. The molecule has 5 nitrogen and oxygen atoms in total. The van der Waals surface area contributed by atoms with Crippen LogP contribution >= 0.6 is 0 Å². The van der Waals surface area contributed by atoms with Crippen molar-refractivity contribution >= 4 is 21.4 Å². The van der Waals surface area contributed by atoms with Gasteiger partial charge in [0, 0.05) is 24.7 Å². The summed E-state index contributed by atoms with van der Waals surface area (Å²) in [7, 11) is -2.97. The van der Waals surface area contributed by atoms with Crippen LogP contribution < -0.4 is 5.73 Å². The molecule has 0 aliphatic carbocycles. The van der Waals surface area contributed by atoms with Crippen molar-refractivity contribution in [1.29, 1.82) is 0 Å². The number of hydrogen-bond acceptors (Lipinski definition) is 4. The third-order valence-corrected chi connectivity index (χ3v) is 5.64. The van der Waals surface area contributed by atoms with Gasteiger partial charge in [0.15, 0.2) is 9.84 Å². The summed E-state index contributed by atoms with van der Waals surface area (Å²) in [5, 5.41) is 0. The van der Waals surface area contributed by atoms with E-state index >= 15 is 0 Å². The van der Waals surface area contributed by atoms with Crippen LogP contribution in [0.3, 0.4) is 0 Å². The number of benzene rings is 1. The van der Waals surface area contributed by atoms with Gasteiger partial charge in [-0.1, -0.05) is 12.1 Å². The van der Waals surface area contributed by atoms with Gasteiger partial charge in [0.1, 0.15) is 0 Å². The molecular weight excluding hydrogens is 288 g/mol. The highest BCUT2D eigenvalue weighted by atomic mass is 32.2. The van der Waals surface area contributed by atoms with E-state index in [1.54, 1.807) is 4.90 Å². The first-order valence-electron chi connectivity index (χ1n) is 7.25. The largest absolute Gasteiger partial charge is 0.399 e. The Labute approximate surface area is 126 Å². The van der Waals surface area contributed by atoms with E-state index in [-0.39, 0.29) is 23.5 Å². The molecular formula is C15H22N2O3S. The maximum atomic E-state index is 12.3. The van der Waals surface area contributed by atoms with Gasteiger partial charge in [0.2, 0.25) is 5.91 Å². The highest BCUT2D eigenvalue weighted by molar-refractivity contribution is 7.91. The number of carbonyl (C=O) groups excluding carboxylic acids is 1. The van der Waals surface area contributed by atoms with Crippen molar-refractivity contribution < 1.29 is 13.2 Å². The van der Waals surface area contributed by atoms with Crippen LogP contribution in [0.1, 0.15) is 25.3 Å². The number of sulfone groups is 1. The first kappa shape index (κ1) is 15.8. The molecule has 0 saturated carbocycles. The summed E-state index contributed by atoms with van der Waals surface area (Å²) in [6.45, 7) is 2.44. The Morgan fingerprint density at radius 1 is 1.43 bits per heavy atom. The lowest BCUT2D eigenvalue weighted by atomic mass is 10.1. The highest BCUT2D eigenvalue weighted by Gasteiger charge is 2.33. The van der Waals surface area contributed by atoms with Crippen molar-refractivity contribution in [1.82, 2.24) is 4.90 Å². The topological polar surface area (TPSA) is 80.5 Å². The predicted molar refractivity (Wildman–Crippen MR) is 83.6 cm³/mol. The molecule has 1 atom stereocenters. The van der Waals surface area contributed by atoms with Crippen LogP contribution in [-0.2, 0) is 21.1 Å². The zero-order chi connectivity index (χ0) is 15.5. The fraction of sp³-hybridized carbons (Fsp3) is 0.533. The molecule has 0 bridgehead atoms. The molecule has 0 radical (unpaired) electrons. The number of nitrogen functional groups attached to an aromatic ring is 1. The molecule has 2 N–H and O–H groups in total.